The highest BCUT2D eigenvalue weighted by Crippen LogP contribution is 2.11. The number of Topliss-reactive ketones (excluding diaryl/α,β-unsaturated/α-hetero) is 1. The first kappa shape index (κ1) is 12.2. The van der Waals surface area contributed by atoms with Crippen LogP contribution < -0.4 is 5.32 Å². The Bertz CT molecular complexity index is 359. The molecule has 1 amide bonds. The quantitative estimate of drug-likeness (QED) is 0.868. The fraction of sp³-hybridized carbons (Fsp3) is 0.273. The van der Waals surface area contributed by atoms with E-state index in [9.17, 15) is 9.59 Å². The van der Waals surface area contributed by atoms with Crippen LogP contribution in [0, 0.1) is 3.57 Å². The average Bonchev–Trinajstić information content (AvgIpc) is 2.19. The van der Waals surface area contributed by atoms with E-state index in [1.54, 1.807) is 0 Å². The number of hydrogen-bond acceptors (Lipinski definition) is 2. The normalized spacial score (nSPS) is 9.73. The highest BCUT2D eigenvalue weighted by atomic mass is 127. The highest BCUT2D eigenvalue weighted by molar-refractivity contribution is 14.1. The Hall–Kier alpha value is -0.910. The van der Waals surface area contributed by atoms with E-state index in [0.29, 0.717) is 6.42 Å². The van der Waals surface area contributed by atoms with Crippen LogP contribution in [-0.2, 0) is 9.59 Å². The number of benzene rings is 1. The summed E-state index contributed by atoms with van der Waals surface area (Å²) < 4.78 is 1.12. The summed E-state index contributed by atoms with van der Waals surface area (Å²) in [5.74, 6) is -0.0841. The number of anilines is 1. The lowest BCUT2D eigenvalue weighted by Crippen LogP contribution is -2.12. The fourth-order valence-electron chi connectivity index (χ4n) is 1.05. The number of rotatable bonds is 4. The number of ketones is 1. The van der Waals surface area contributed by atoms with Gasteiger partial charge in [0.2, 0.25) is 5.91 Å². The van der Waals surface area contributed by atoms with Crippen LogP contribution in [0.3, 0.4) is 0 Å². The van der Waals surface area contributed by atoms with Gasteiger partial charge < -0.3 is 10.1 Å². The lowest BCUT2D eigenvalue weighted by atomic mass is 10.2. The van der Waals surface area contributed by atoms with Gasteiger partial charge in [0.1, 0.15) is 5.78 Å². The maximum Gasteiger partial charge on any atom is 0.224 e. The zero-order valence-electron chi connectivity index (χ0n) is 8.42. The van der Waals surface area contributed by atoms with Crippen molar-refractivity contribution < 1.29 is 9.59 Å². The molecule has 15 heavy (non-hydrogen) atoms. The van der Waals surface area contributed by atoms with Gasteiger partial charge in [0, 0.05) is 22.1 Å². The molecule has 0 spiro atoms. The fourth-order valence-corrected chi connectivity index (χ4v) is 1.41. The van der Waals surface area contributed by atoms with Crippen molar-refractivity contribution in [3.05, 3.63) is 27.8 Å². The lowest BCUT2D eigenvalue weighted by molar-refractivity contribution is -0.121. The van der Waals surface area contributed by atoms with Gasteiger partial charge in [0.15, 0.2) is 0 Å². The lowest BCUT2D eigenvalue weighted by Gasteiger charge is -2.03. The van der Waals surface area contributed by atoms with Gasteiger partial charge in [-0.15, -0.1) is 0 Å². The molecule has 0 aliphatic heterocycles. The molecule has 0 unspecified atom stereocenters. The number of carbonyl (C=O) groups is 2. The topological polar surface area (TPSA) is 46.2 Å². The van der Waals surface area contributed by atoms with Crippen molar-refractivity contribution in [3.63, 3.8) is 0 Å². The molecule has 0 aliphatic carbocycles. The van der Waals surface area contributed by atoms with E-state index in [1.807, 2.05) is 24.3 Å². The van der Waals surface area contributed by atoms with Gasteiger partial charge in [0.25, 0.3) is 0 Å². The van der Waals surface area contributed by atoms with Gasteiger partial charge in [-0.05, 0) is 53.8 Å². The van der Waals surface area contributed by atoms with Crippen molar-refractivity contribution in [2.45, 2.75) is 19.8 Å². The van der Waals surface area contributed by atoms with Gasteiger partial charge >= 0.3 is 0 Å². The summed E-state index contributed by atoms with van der Waals surface area (Å²) in [7, 11) is 0. The summed E-state index contributed by atoms with van der Waals surface area (Å²) in [6.45, 7) is 1.48. The molecule has 4 heteroatoms. The van der Waals surface area contributed by atoms with Crippen LogP contribution in [-0.4, -0.2) is 11.7 Å². The second-order valence-electron chi connectivity index (χ2n) is 3.26. The molecule has 80 valence electrons. The van der Waals surface area contributed by atoms with Gasteiger partial charge in [-0.2, -0.15) is 0 Å². The highest BCUT2D eigenvalue weighted by Gasteiger charge is 2.03. The van der Waals surface area contributed by atoms with Gasteiger partial charge in [0.05, 0.1) is 0 Å². The number of amides is 1. The van der Waals surface area contributed by atoms with Gasteiger partial charge in [-0.25, -0.2) is 0 Å². The standard InChI is InChI=1S/C11H12INO2/c1-8(14)2-7-11(15)13-10-5-3-9(12)4-6-10/h3-6H,2,7H2,1H3,(H,13,15). The van der Waals surface area contributed by atoms with Crippen molar-refractivity contribution in [1.82, 2.24) is 0 Å². The van der Waals surface area contributed by atoms with Crippen LogP contribution in [0.5, 0.6) is 0 Å². The Kier molecular flexibility index (Phi) is 4.74. The molecular formula is C11H12INO2. The van der Waals surface area contributed by atoms with Crippen LogP contribution in [0.15, 0.2) is 24.3 Å². The molecule has 0 bridgehead atoms. The van der Waals surface area contributed by atoms with Gasteiger partial charge in [-0.3, -0.25) is 4.79 Å². The third-order valence-corrected chi connectivity index (χ3v) is 2.55. The number of hydrogen-bond donors (Lipinski definition) is 1. The number of carbonyl (C=O) groups excluding carboxylic acids is 2. The molecule has 1 N–H and O–H groups in total. The van der Waals surface area contributed by atoms with E-state index in [0.717, 1.165) is 9.26 Å². The van der Waals surface area contributed by atoms with E-state index < -0.39 is 0 Å². The van der Waals surface area contributed by atoms with Crippen LogP contribution in [0.4, 0.5) is 5.69 Å². The maximum absolute atomic E-state index is 11.3. The molecule has 0 fully saturated rings. The van der Waals surface area contributed by atoms with E-state index >= 15 is 0 Å². The molecule has 1 aromatic rings. The van der Waals surface area contributed by atoms with Crippen molar-refractivity contribution >= 4 is 40.0 Å². The molecule has 3 nitrogen and oxygen atoms in total. The predicted octanol–water partition coefficient (Wildman–Crippen LogP) is 2.60. The molecule has 0 atom stereocenters. The zero-order chi connectivity index (χ0) is 11.3. The Labute approximate surface area is 102 Å². The first-order valence-corrected chi connectivity index (χ1v) is 5.70. The van der Waals surface area contributed by atoms with Crippen LogP contribution in [0.2, 0.25) is 0 Å². The Morgan fingerprint density at radius 1 is 1.20 bits per heavy atom. The van der Waals surface area contributed by atoms with E-state index in [2.05, 4.69) is 27.9 Å². The Morgan fingerprint density at radius 2 is 1.80 bits per heavy atom. The molecule has 1 rings (SSSR count). The molecule has 0 aliphatic rings. The zero-order valence-corrected chi connectivity index (χ0v) is 10.6. The van der Waals surface area contributed by atoms with Crippen LogP contribution >= 0.6 is 22.6 Å². The summed E-state index contributed by atoms with van der Waals surface area (Å²) in [5.41, 5.74) is 0.768. The first-order chi connectivity index (χ1) is 7.08. The van der Waals surface area contributed by atoms with Crippen LogP contribution in [0.25, 0.3) is 0 Å². The summed E-state index contributed by atoms with van der Waals surface area (Å²) in [4.78, 5) is 22.0. The predicted molar refractivity (Wildman–Crippen MR) is 67.7 cm³/mol. The Morgan fingerprint density at radius 3 is 2.33 bits per heavy atom. The summed E-state index contributed by atoms with van der Waals surface area (Å²) >= 11 is 2.20. The SMILES string of the molecule is CC(=O)CCC(=O)Nc1ccc(I)cc1. The minimum Gasteiger partial charge on any atom is -0.326 e. The van der Waals surface area contributed by atoms with Crippen LogP contribution in [0.1, 0.15) is 19.8 Å². The molecule has 0 heterocycles. The second kappa shape index (κ2) is 5.85. The van der Waals surface area contributed by atoms with Crippen molar-refractivity contribution in [2.24, 2.45) is 0 Å². The molecule has 0 saturated carbocycles. The number of halogens is 1. The van der Waals surface area contributed by atoms with Gasteiger partial charge in [-0.1, -0.05) is 0 Å². The maximum atomic E-state index is 11.3. The molecule has 1 aromatic carbocycles. The number of nitrogens with one attached hydrogen (secondary N) is 1. The molecule has 0 saturated heterocycles. The smallest absolute Gasteiger partial charge is 0.224 e. The second-order valence-corrected chi connectivity index (χ2v) is 4.50. The monoisotopic (exact) mass is 317 g/mol. The van der Waals surface area contributed by atoms with E-state index in [4.69, 9.17) is 0 Å². The minimum atomic E-state index is -0.119. The molecular weight excluding hydrogens is 305 g/mol. The third-order valence-electron chi connectivity index (χ3n) is 1.83. The third kappa shape index (κ3) is 4.92. The largest absolute Gasteiger partial charge is 0.326 e. The van der Waals surface area contributed by atoms with Crippen molar-refractivity contribution in [1.29, 1.82) is 0 Å². The summed E-state index contributed by atoms with van der Waals surface area (Å²) in [6.07, 6.45) is 0.553. The molecule has 0 radical (unpaired) electrons. The minimum absolute atomic E-state index is 0.0350. The van der Waals surface area contributed by atoms with Crippen molar-refractivity contribution in [2.75, 3.05) is 5.32 Å². The molecule has 0 aromatic heterocycles. The van der Waals surface area contributed by atoms with E-state index in [-0.39, 0.29) is 18.1 Å². The van der Waals surface area contributed by atoms with E-state index in [1.165, 1.54) is 6.92 Å². The summed E-state index contributed by atoms with van der Waals surface area (Å²) in [6, 6.07) is 7.52. The van der Waals surface area contributed by atoms with Crippen molar-refractivity contribution in [3.8, 4) is 0 Å². The average molecular weight is 317 g/mol. The first-order valence-electron chi connectivity index (χ1n) is 4.63. The Balaban J connectivity index is 2.44. The summed E-state index contributed by atoms with van der Waals surface area (Å²) in [5, 5.41) is 2.73.